The van der Waals surface area contributed by atoms with Crippen LogP contribution in [0.3, 0.4) is 0 Å². The maximum atomic E-state index is 12.0. The van der Waals surface area contributed by atoms with Crippen molar-refractivity contribution in [1.82, 2.24) is 5.32 Å². The number of aryl methyl sites for hydroxylation is 1. The maximum absolute atomic E-state index is 12.0. The van der Waals surface area contributed by atoms with Crippen molar-refractivity contribution in [3.8, 4) is 11.8 Å². The van der Waals surface area contributed by atoms with E-state index in [0.717, 1.165) is 23.3 Å². The van der Waals surface area contributed by atoms with E-state index < -0.39 is 0 Å². The Morgan fingerprint density at radius 1 is 1.42 bits per heavy atom. The van der Waals surface area contributed by atoms with Gasteiger partial charge in [-0.05, 0) is 49.1 Å². The number of nitrogens with one attached hydrogen (secondary N) is 1. The number of hydrogen-bond donors (Lipinski definition) is 2. The lowest BCUT2D eigenvalue weighted by Crippen LogP contribution is -2.24. The number of aliphatic hydroxyl groups excluding tert-OH is 1. The van der Waals surface area contributed by atoms with Gasteiger partial charge in [-0.25, -0.2) is 0 Å². The summed E-state index contributed by atoms with van der Waals surface area (Å²) in [6.07, 6.45) is 3.02. The molecule has 1 rings (SSSR count). The summed E-state index contributed by atoms with van der Waals surface area (Å²) in [4.78, 5) is 12.0. The molecule has 1 aromatic carbocycles. The van der Waals surface area contributed by atoms with Gasteiger partial charge in [-0.2, -0.15) is 11.8 Å². The Hall–Kier alpha value is -1.44. The second-order valence-corrected chi connectivity index (χ2v) is 5.14. The minimum Gasteiger partial charge on any atom is -0.384 e. The van der Waals surface area contributed by atoms with Crippen LogP contribution in [0, 0.1) is 18.8 Å². The Balaban J connectivity index is 2.71. The molecule has 0 radical (unpaired) electrons. The van der Waals surface area contributed by atoms with Crippen molar-refractivity contribution in [3.05, 3.63) is 34.9 Å². The molecule has 4 heteroatoms. The molecule has 0 heterocycles. The molecule has 1 amide bonds. The number of carbonyl (C=O) groups is 1. The fourth-order valence-corrected chi connectivity index (χ4v) is 2.08. The quantitative estimate of drug-likeness (QED) is 0.637. The van der Waals surface area contributed by atoms with Crippen LogP contribution in [0.1, 0.15) is 27.9 Å². The first kappa shape index (κ1) is 15.6. The highest BCUT2D eigenvalue weighted by Crippen LogP contribution is 2.09. The van der Waals surface area contributed by atoms with E-state index in [0.29, 0.717) is 12.1 Å². The highest BCUT2D eigenvalue weighted by Gasteiger charge is 2.06. The number of thioether (sulfide) groups is 1. The molecule has 1 aromatic rings. The van der Waals surface area contributed by atoms with E-state index in [4.69, 9.17) is 5.11 Å². The van der Waals surface area contributed by atoms with Crippen molar-refractivity contribution in [2.24, 2.45) is 0 Å². The highest BCUT2D eigenvalue weighted by atomic mass is 32.2. The molecule has 0 saturated heterocycles. The SMILES string of the molecule is CSCCCNC(=O)c1cc(C)cc(C#CCO)c1. The third kappa shape index (κ3) is 5.82. The lowest BCUT2D eigenvalue weighted by atomic mass is 10.1. The monoisotopic (exact) mass is 277 g/mol. The third-order valence-corrected chi connectivity index (χ3v) is 3.16. The second kappa shape index (κ2) is 8.63. The molecule has 0 fully saturated rings. The van der Waals surface area contributed by atoms with Crippen LogP contribution in [-0.2, 0) is 0 Å². The standard InChI is InChI=1S/C15H19NO2S/c1-12-9-13(5-3-7-17)11-14(10-12)15(18)16-6-4-8-19-2/h9-11,17H,4,6-8H2,1-2H3,(H,16,18). The van der Waals surface area contributed by atoms with Crippen LogP contribution in [0.5, 0.6) is 0 Å². The maximum Gasteiger partial charge on any atom is 0.251 e. The van der Waals surface area contributed by atoms with E-state index >= 15 is 0 Å². The Kier molecular flexibility index (Phi) is 7.09. The summed E-state index contributed by atoms with van der Waals surface area (Å²) in [5.41, 5.74) is 2.36. The van der Waals surface area contributed by atoms with Gasteiger partial charge >= 0.3 is 0 Å². The average Bonchev–Trinajstić information content (AvgIpc) is 2.40. The summed E-state index contributed by atoms with van der Waals surface area (Å²) in [7, 11) is 0. The minimum atomic E-state index is -0.176. The molecule has 0 aliphatic heterocycles. The van der Waals surface area contributed by atoms with Gasteiger partial charge in [0, 0.05) is 17.7 Å². The highest BCUT2D eigenvalue weighted by molar-refractivity contribution is 7.98. The van der Waals surface area contributed by atoms with E-state index in [-0.39, 0.29) is 12.5 Å². The number of benzene rings is 1. The molecule has 0 bridgehead atoms. The molecular formula is C15H19NO2S. The summed E-state index contributed by atoms with van der Waals surface area (Å²) in [6.45, 7) is 2.43. The lowest BCUT2D eigenvalue weighted by molar-refractivity contribution is 0.0953. The Morgan fingerprint density at radius 2 is 2.21 bits per heavy atom. The number of hydrogen-bond acceptors (Lipinski definition) is 3. The molecule has 2 N–H and O–H groups in total. The smallest absolute Gasteiger partial charge is 0.251 e. The summed E-state index contributed by atoms with van der Waals surface area (Å²) < 4.78 is 0. The van der Waals surface area contributed by atoms with Gasteiger partial charge in [0.25, 0.3) is 5.91 Å². The summed E-state index contributed by atoms with van der Waals surface area (Å²) in [5, 5.41) is 11.6. The second-order valence-electron chi connectivity index (χ2n) is 4.15. The van der Waals surface area contributed by atoms with Crippen LogP contribution in [0.25, 0.3) is 0 Å². The van der Waals surface area contributed by atoms with Gasteiger partial charge in [0.1, 0.15) is 6.61 Å². The molecular weight excluding hydrogens is 258 g/mol. The summed E-state index contributed by atoms with van der Waals surface area (Å²) in [6, 6.07) is 5.49. The normalized spacial score (nSPS) is 9.63. The van der Waals surface area contributed by atoms with Crippen molar-refractivity contribution in [1.29, 1.82) is 0 Å². The third-order valence-electron chi connectivity index (χ3n) is 2.46. The van der Waals surface area contributed by atoms with Crippen LogP contribution in [0.4, 0.5) is 0 Å². The fraction of sp³-hybridized carbons (Fsp3) is 0.400. The molecule has 3 nitrogen and oxygen atoms in total. The zero-order valence-electron chi connectivity index (χ0n) is 11.3. The van der Waals surface area contributed by atoms with Gasteiger partial charge in [-0.15, -0.1) is 0 Å². The van der Waals surface area contributed by atoms with Gasteiger partial charge in [-0.1, -0.05) is 11.8 Å². The zero-order chi connectivity index (χ0) is 14.1. The Morgan fingerprint density at radius 3 is 2.89 bits per heavy atom. The topological polar surface area (TPSA) is 49.3 Å². The van der Waals surface area contributed by atoms with E-state index in [2.05, 4.69) is 23.4 Å². The van der Waals surface area contributed by atoms with Crippen molar-refractivity contribution in [3.63, 3.8) is 0 Å². The number of carbonyl (C=O) groups excluding carboxylic acids is 1. The van der Waals surface area contributed by atoms with Crippen molar-refractivity contribution < 1.29 is 9.90 Å². The molecule has 0 aliphatic rings. The van der Waals surface area contributed by atoms with Gasteiger partial charge in [0.05, 0.1) is 0 Å². The van der Waals surface area contributed by atoms with Crippen molar-refractivity contribution in [2.45, 2.75) is 13.3 Å². The first-order valence-electron chi connectivity index (χ1n) is 6.16. The molecule has 0 aliphatic carbocycles. The van der Waals surface area contributed by atoms with Crippen LogP contribution in [-0.4, -0.2) is 36.2 Å². The predicted octanol–water partition coefficient (Wildman–Crippen LogP) is 1.82. The van der Waals surface area contributed by atoms with E-state index in [1.165, 1.54) is 0 Å². The van der Waals surface area contributed by atoms with Gasteiger partial charge in [0.2, 0.25) is 0 Å². The summed E-state index contributed by atoms with van der Waals surface area (Å²) in [5.74, 6) is 6.38. The molecule has 0 unspecified atom stereocenters. The average molecular weight is 277 g/mol. The predicted molar refractivity (Wildman–Crippen MR) is 80.5 cm³/mol. The molecule has 0 aromatic heterocycles. The number of amides is 1. The van der Waals surface area contributed by atoms with E-state index in [1.54, 1.807) is 17.8 Å². The van der Waals surface area contributed by atoms with Crippen LogP contribution < -0.4 is 5.32 Å². The summed E-state index contributed by atoms with van der Waals surface area (Å²) >= 11 is 1.77. The number of rotatable bonds is 5. The first-order valence-corrected chi connectivity index (χ1v) is 7.55. The number of aliphatic hydroxyl groups is 1. The van der Waals surface area contributed by atoms with Gasteiger partial charge in [0.15, 0.2) is 0 Å². The molecule has 0 saturated carbocycles. The molecule has 0 atom stereocenters. The van der Waals surface area contributed by atoms with Crippen molar-refractivity contribution >= 4 is 17.7 Å². The lowest BCUT2D eigenvalue weighted by Gasteiger charge is -2.06. The molecule has 102 valence electrons. The van der Waals surface area contributed by atoms with Crippen LogP contribution in [0.15, 0.2) is 18.2 Å². The van der Waals surface area contributed by atoms with Crippen LogP contribution >= 0.6 is 11.8 Å². The van der Waals surface area contributed by atoms with Gasteiger partial charge < -0.3 is 10.4 Å². The molecule has 19 heavy (non-hydrogen) atoms. The van der Waals surface area contributed by atoms with E-state index in [9.17, 15) is 4.79 Å². The van der Waals surface area contributed by atoms with Crippen LogP contribution in [0.2, 0.25) is 0 Å². The Bertz CT molecular complexity index is 489. The zero-order valence-corrected chi connectivity index (χ0v) is 12.1. The molecule has 0 spiro atoms. The minimum absolute atomic E-state index is 0.0724. The largest absolute Gasteiger partial charge is 0.384 e. The Labute approximate surface area is 118 Å². The van der Waals surface area contributed by atoms with E-state index in [1.807, 2.05) is 19.1 Å². The van der Waals surface area contributed by atoms with Gasteiger partial charge in [-0.3, -0.25) is 4.79 Å². The fourth-order valence-electron chi connectivity index (χ4n) is 1.65. The van der Waals surface area contributed by atoms with Crippen molar-refractivity contribution in [2.75, 3.05) is 25.2 Å². The first-order chi connectivity index (χ1) is 9.17.